The summed E-state index contributed by atoms with van der Waals surface area (Å²) in [5, 5.41) is 3.92. The first kappa shape index (κ1) is 20.0. The van der Waals surface area contributed by atoms with Crippen molar-refractivity contribution >= 4 is 16.8 Å². The van der Waals surface area contributed by atoms with Gasteiger partial charge in [-0.2, -0.15) is 0 Å². The van der Waals surface area contributed by atoms with Crippen molar-refractivity contribution in [3.63, 3.8) is 0 Å². The molecule has 6 nitrogen and oxygen atoms in total. The Balaban J connectivity index is 1.68. The fourth-order valence-corrected chi connectivity index (χ4v) is 4.20. The summed E-state index contributed by atoms with van der Waals surface area (Å²) in [6.45, 7) is 0.961. The van der Waals surface area contributed by atoms with E-state index < -0.39 is 0 Å². The first-order chi connectivity index (χ1) is 15.7. The molecule has 0 saturated carbocycles. The molecule has 5 rings (SSSR count). The highest BCUT2D eigenvalue weighted by atomic mass is 16.5. The summed E-state index contributed by atoms with van der Waals surface area (Å²) in [6.07, 6.45) is 0.687. The average Bonchev–Trinajstić information content (AvgIpc) is 3.20. The molecule has 1 aliphatic heterocycles. The van der Waals surface area contributed by atoms with Crippen molar-refractivity contribution in [2.24, 2.45) is 0 Å². The number of ether oxygens (including phenoxy) is 3. The van der Waals surface area contributed by atoms with Crippen LogP contribution in [0.4, 0.5) is 0 Å². The first-order valence-corrected chi connectivity index (χ1v) is 10.5. The number of fused-ring (bicyclic) bond motifs is 5. The van der Waals surface area contributed by atoms with Crippen LogP contribution in [-0.2, 0) is 13.0 Å². The van der Waals surface area contributed by atoms with E-state index in [1.165, 1.54) is 0 Å². The summed E-state index contributed by atoms with van der Waals surface area (Å²) in [4.78, 5) is 16.2. The lowest BCUT2D eigenvalue weighted by atomic mass is 9.93. The maximum atomic E-state index is 12.9. The zero-order chi connectivity index (χ0) is 22.1. The molecule has 32 heavy (non-hydrogen) atoms. The van der Waals surface area contributed by atoms with Gasteiger partial charge in [0.15, 0.2) is 11.5 Å². The van der Waals surface area contributed by atoms with Crippen LogP contribution in [0.15, 0.2) is 60.7 Å². The molecule has 0 aliphatic carbocycles. The van der Waals surface area contributed by atoms with Crippen LogP contribution in [0.1, 0.15) is 21.6 Å². The molecule has 2 N–H and O–H groups in total. The minimum atomic E-state index is -0.122. The average molecular weight is 428 g/mol. The van der Waals surface area contributed by atoms with Gasteiger partial charge in [-0.3, -0.25) is 4.79 Å². The number of carbonyl (C=O) groups is 1. The predicted molar refractivity (Wildman–Crippen MR) is 124 cm³/mol. The topological polar surface area (TPSA) is 72.6 Å². The fourth-order valence-electron chi connectivity index (χ4n) is 4.20. The number of benzene rings is 3. The molecule has 4 aromatic rings. The zero-order valence-corrected chi connectivity index (χ0v) is 18.0. The Morgan fingerprint density at radius 3 is 2.56 bits per heavy atom. The standard InChI is InChI=1S/C26H24N2O4/c1-30-18-8-9-21-20(13-18)24-19-14-23(32-15-16-6-4-3-5-7-16)22(31-2)12-17(19)10-11-27-26(29)25(24)28-21/h3-9,12-14,28H,10-11,15H2,1-2H3,(H,27,29). The molecule has 0 fully saturated rings. The Morgan fingerprint density at radius 2 is 1.78 bits per heavy atom. The van der Waals surface area contributed by atoms with Crippen LogP contribution in [0.25, 0.3) is 22.0 Å². The monoisotopic (exact) mass is 428 g/mol. The Kier molecular flexibility index (Phi) is 5.19. The molecule has 2 heterocycles. The Hall–Kier alpha value is -3.93. The van der Waals surface area contributed by atoms with Crippen molar-refractivity contribution in [2.45, 2.75) is 13.0 Å². The quantitative estimate of drug-likeness (QED) is 0.483. The third kappa shape index (κ3) is 3.54. The van der Waals surface area contributed by atoms with Crippen molar-refractivity contribution in [3.8, 4) is 28.4 Å². The lowest BCUT2D eigenvalue weighted by Crippen LogP contribution is -2.28. The van der Waals surface area contributed by atoms with Crippen LogP contribution in [0, 0.1) is 0 Å². The Bertz CT molecular complexity index is 1290. The van der Waals surface area contributed by atoms with Gasteiger partial charge in [-0.15, -0.1) is 0 Å². The van der Waals surface area contributed by atoms with Crippen LogP contribution in [-0.4, -0.2) is 31.7 Å². The fraction of sp³-hybridized carbons (Fsp3) is 0.192. The van der Waals surface area contributed by atoms with E-state index in [1.54, 1.807) is 14.2 Å². The van der Waals surface area contributed by atoms with Crippen LogP contribution in [0.3, 0.4) is 0 Å². The van der Waals surface area contributed by atoms with Gasteiger partial charge in [0.05, 0.1) is 14.2 Å². The molecule has 0 saturated heterocycles. The summed E-state index contributed by atoms with van der Waals surface area (Å²) >= 11 is 0. The second kappa shape index (κ2) is 8.30. The van der Waals surface area contributed by atoms with E-state index in [-0.39, 0.29) is 5.91 Å². The summed E-state index contributed by atoms with van der Waals surface area (Å²) in [5.74, 6) is 1.92. The number of methoxy groups -OCH3 is 2. The number of hydrogen-bond donors (Lipinski definition) is 2. The van der Waals surface area contributed by atoms with Gasteiger partial charge >= 0.3 is 0 Å². The van der Waals surface area contributed by atoms with Crippen LogP contribution in [0.5, 0.6) is 17.2 Å². The molecule has 0 atom stereocenters. The minimum Gasteiger partial charge on any atom is -0.497 e. The smallest absolute Gasteiger partial charge is 0.268 e. The van der Waals surface area contributed by atoms with Gasteiger partial charge in [0.25, 0.3) is 5.91 Å². The van der Waals surface area contributed by atoms with Crippen LogP contribution < -0.4 is 19.5 Å². The van der Waals surface area contributed by atoms with E-state index in [4.69, 9.17) is 14.2 Å². The molecular weight excluding hydrogens is 404 g/mol. The SMILES string of the molecule is COc1ccc2[nH]c3c(c2c1)-c1cc(OCc2ccccc2)c(OC)cc1CCNC3=O. The highest BCUT2D eigenvalue weighted by Gasteiger charge is 2.25. The molecule has 3 aromatic carbocycles. The van der Waals surface area contributed by atoms with Crippen molar-refractivity contribution in [3.05, 3.63) is 77.5 Å². The number of amides is 1. The largest absolute Gasteiger partial charge is 0.497 e. The third-order valence-electron chi connectivity index (χ3n) is 5.81. The van der Waals surface area contributed by atoms with Gasteiger partial charge in [0.2, 0.25) is 0 Å². The third-order valence-corrected chi connectivity index (χ3v) is 5.81. The first-order valence-electron chi connectivity index (χ1n) is 10.5. The lowest BCUT2D eigenvalue weighted by molar-refractivity contribution is 0.0950. The molecule has 0 bridgehead atoms. The second-order valence-electron chi connectivity index (χ2n) is 7.73. The molecule has 0 unspecified atom stereocenters. The number of hydrogen-bond acceptors (Lipinski definition) is 4. The van der Waals surface area contributed by atoms with Gasteiger partial charge in [0.1, 0.15) is 18.1 Å². The molecule has 162 valence electrons. The van der Waals surface area contributed by atoms with Crippen molar-refractivity contribution in [2.75, 3.05) is 20.8 Å². The number of H-pyrrole nitrogens is 1. The Morgan fingerprint density at radius 1 is 0.938 bits per heavy atom. The molecule has 1 aromatic heterocycles. The molecule has 0 radical (unpaired) electrons. The lowest BCUT2D eigenvalue weighted by Gasteiger charge is -2.19. The summed E-state index contributed by atoms with van der Waals surface area (Å²) in [7, 11) is 3.28. The van der Waals surface area contributed by atoms with Gasteiger partial charge in [-0.25, -0.2) is 0 Å². The van der Waals surface area contributed by atoms with Crippen LogP contribution >= 0.6 is 0 Å². The van der Waals surface area contributed by atoms with Crippen molar-refractivity contribution in [1.29, 1.82) is 0 Å². The summed E-state index contributed by atoms with van der Waals surface area (Å²) < 4.78 is 17.3. The minimum absolute atomic E-state index is 0.122. The van der Waals surface area contributed by atoms with E-state index >= 15 is 0 Å². The van der Waals surface area contributed by atoms with Gasteiger partial charge in [0, 0.05) is 23.0 Å². The van der Waals surface area contributed by atoms with E-state index in [2.05, 4.69) is 10.3 Å². The van der Waals surface area contributed by atoms with E-state index in [0.29, 0.717) is 36.8 Å². The van der Waals surface area contributed by atoms with E-state index in [1.807, 2.05) is 60.7 Å². The number of rotatable bonds is 5. The van der Waals surface area contributed by atoms with Crippen molar-refractivity contribution in [1.82, 2.24) is 10.3 Å². The number of carbonyl (C=O) groups excluding carboxylic acids is 1. The molecule has 0 spiro atoms. The van der Waals surface area contributed by atoms with Gasteiger partial charge in [-0.1, -0.05) is 30.3 Å². The number of aromatic nitrogens is 1. The van der Waals surface area contributed by atoms with Gasteiger partial charge < -0.3 is 24.5 Å². The van der Waals surface area contributed by atoms with Crippen molar-refractivity contribution < 1.29 is 19.0 Å². The molecular formula is C26H24N2O4. The highest BCUT2D eigenvalue weighted by Crippen LogP contribution is 2.42. The number of aromatic amines is 1. The maximum Gasteiger partial charge on any atom is 0.268 e. The predicted octanol–water partition coefficient (Wildman–Crippen LogP) is 4.72. The van der Waals surface area contributed by atoms with E-state index in [0.717, 1.165) is 38.9 Å². The molecule has 1 aliphatic rings. The summed E-state index contributed by atoms with van der Waals surface area (Å²) in [6, 6.07) is 19.8. The van der Waals surface area contributed by atoms with Gasteiger partial charge in [-0.05, 0) is 53.4 Å². The zero-order valence-electron chi connectivity index (χ0n) is 18.0. The second-order valence-corrected chi connectivity index (χ2v) is 7.73. The highest BCUT2D eigenvalue weighted by molar-refractivity contribution is 6.11. The normalized spacial score (nSPS) is 12.9. The summed E-state index contributed by atoms with van der Waals surface area (Å²) in [5.41, 5.74) is 5.36. The maximum absolute atomic E-state index is 12.9. The molecule has 1 amide bonds. The van der Waals surface area contributed by atoms with Crippen LogP contribution in [0.2, 0.25) is 0 Å². The van der Waals surface area contributed by atoms with E-state index in [9.17, 15) is 4.79 Å². The Labute approximate surface area is 186 Å². The number of nitrogens with one attached hydrogen (secondary N) is 2. The molecule has 6 heteroatoms.